The zero-order valence-electron chi connectivity index (χ0n) is 22.9. The molecule has 0 bridgehead atoms. The van der Waals surface area contributed by atoms with E-state index in [1.54, 1.807) is 13.1 Å². The summed E-state index contributed by atoms with van der Waals surface area (Å²) < 4.78 is 57.8. The van der Waals surface area contributed by atoms with Gasteiger partial charge in [-0.15, -0.1) is 0 Å². The SMILES string of the molecule is CCc1cn2c3c(cc(C(=O)C[C@@H](Cc4ccccc4)[C@H](O)[C@@H]4CCC(F)(F)C4)cc13)N(C)S(=O)(=O)C1(CC1)C2. The van der Waals surface area contributed by atoms with E-state index in [1.165, 1.54) is 4.31 Å². The summed E-state index contributed by atoms with van der Waals surface area (Å²) in [5.41, 5.74) is 3.66. The van der Waals surface area contributed by atoms with E-state index in [0.29, 0.717) is 37.1 Å². The number of rotatable bonds is 8. The lowest BCUT2D eigenvalue weighted by molar-refractivity contribution is -0.0134. The number of carbonyl (C=O) groups excluding carboxylic acids is 1. The molecule has 3 atom stereocenters. The van der Waals surface area contributed by atoms with Crippen LogP contribution in [0.15, 0.2) is 48.7 Å². The van der Waals surface area contributed by atoms with Crippen LogP contribution in [-0.4, -0.2) is 47.7 Å². The van der Waals surface area contributed by atoms with E-state index in [0.717, 1.165) is 28.5 Å². The van der Waals surface area contributed by atoms with Crippen molar-refractivity contribution in [3.63, 3.8) is 0 Å². The summed E-state index contributed by atoms with van der Waals surface area (Å²) >= 11 is 0. The Labute approximate surface area is 234 Å². The minimum absolute atomic E-state index is 0.0222. The van der Waals surface area contributed by atoms with Crippen LogP contribution in [-0.2, 0) is 29.4 Å². The van der Waals surface area contributed by atoms with Crippen molar-refractivity contribution in [2.75, 3.05) is 11.4 Å². The van der Waals surface area contributed by atoms with Gasteiger partial charge in [0.25, 0.3) is 0 Å². The topological polar surface area (TPSA) is 79.6 Å². The molecule has 2 heterocycles. The van der Waals surface area contributed by atoms with Crippen LogP contribution in [0.25, 0.3) is 10.9 Å². The fraction of sp³-hybridized carbons (Fsp3) is 0.516. The van der Waals surface area contributed by atoms with Crippen LogP contribution < -0.4 is 4.31 Å². The molecule has 2 fully saturated rings. The summed E-state index contributed by atoms with van der Waals surface area (Å²) in [7, 11) is -2.06. The fourth-order valence-corrected chi connectivity index (χ4v) is 8.81. The molecule has 2 saturated carbocycles. The first kappa shape index (κ1) is 27.4. The predicted octanol–water partition coefficient (Wildman–Crippen LogP) is 5.74. The molecule has 6 nitrogen and oxygen atoms in total. The van der Waals surface area contributed by atoms with Crippen LogP contribution in [0.1, 0.15) is 66.9 Å². The zero-order valence-corrected chi connectivity index (χ0v) is 23.8. The molecule has 2 aliphatic carbocycles. The van der Waals surface area contributed by atoms with Crippen molar-refractivity contribution < 1.29 is 27.1 Å². The molecule has 0 unspecified atom stereocenters. The molecule has 6 rings (SSSR count). The largest absolute Gasteiger partial charge is 0.393 e. The summed E-state index contributed by atoms with van der Waals surface area (Å²) in [4.78, 5) is 13.9. The lowest BCUT2D eigenvalue weighted by atomic mass is 9.81. The Hall–Kier alpha value is -2.78. The number of halogens is 2. The lowest BCUT2D eigenvalue weighted by Gasteiger charge is -2.28. The number of aryl methyl sites for hydroxylation is 1. The number of aliphatic hydroxyl groups is 1. The van der Waals surface area contributed by atoms with E-state index in [4.69, 9.17) is 0 Å². The van der Waals surface area contributed by atoms with Crippen molar-refractivity contribution in [1.82, 2.24) is 4.57 Å². The lowest BCUT2D eigenvalue weighted by Crippen LogP contribution is -2.38. The maximum atomic E-state index is 14.0. The monoisotopic (exact) mass is 570 g/mol. The number of hydrogen-bond acceptors (Lipinski definition) is 4. The number of carbonyl (C=O) groups is 1. The first-order valence-electron chi connectivity index (χ1n) is 14.2. The molecule has 40 heavy (non-hydrogen) atoms. The van der Waals surface area contributed by atoms with Crippen LogP contribution in [0.2, 0.25) is 0 Å². The molecular formula is C31H36F2N2O4S. The van der Waals surface area contributed by atoms with Crippen LogP contribution in [0.3, 0.4) is 0 Å². The summed E-state index contributed by atoms with van der Waals surface area (Å²) in [6.07, 6.45) is 2.88. The van der Waals surface area contributed by atoms with Crippen LogP contribution >= 0.6 is 0 Å². The smallest absolute Gasteiger partial charge is 0.248 e. The number of Topliss-reactive ketones (excluding diaryl/α,β-unsaturated/α-hetero) is 1. The first-order chi connectivity index (χ1) is 18.9. The highest BCUT2D eigenvalue weighted by molar-refractivity contribution is 7.94. The summed E-state index contributed by atoms with van der Waals surface area (Å²) in [5, 5.41) is 12.2. The third kappa shape index (κ3) is 4.55. The fourth-order valence-electron chi connectivity index (χ4n) is 6.91. The molecule has 1 N–H and O–H groups in total. The van der Waals surface area contributed by atoms with Gasteiger partial charge in [0.05, 0.1) is 17.3 Å². The van der Waals surface area contributed by atoms with Gasteiger partial charge in [0.1, 0.15) is 4.75 Å². The van der Waals surface area contributed by atoms with Gasteiger partial charge in [-0.25, -0.2) is 17.2 Å². The van der Waals surface area contributed by atoms with Crippen LogP contribution in [0.4, 0.5) is 14.5 Å². The van der Waals surface area contributed by atoms with Crippen molar-refractivity contribution in [2.24, 2.45) is 11.8 Å². The Morgan fingerprint density at radius 1 is 1.15 bits per heavy atom. The standard InChI is InChI=1S/C31H36F2N2O4S/c1-3-21-18-35-19-30(11-12-30)40(38,39)34(2)26-15-23(14-25(21)28(26)35)27(36)16-24(13-20-7-5-4-6-8-20)29(37)22-9-10-31(32,33)17-22/h4-8,14-15,18,22,24,29,37H,3,9-13,16-17,19H2,1-2H3/t22-,24-,29-/m1/s1. The van der Waals surface area contributed by atoms with E-state index < -0.39 is 38.6 Å². The van der Waals surface area contributed by atoms with Crippen molar-refractivity contribution >= 4 is 32.4 Å². The van der Waals surface area contributed by atoms with E-state index >= 15 is 0 Å². The Morgan fingerprint density at radius 3 is 2.50 bits per heavy atom. The Morgan fingerprint density at radius 2 is 1.88 bits per heavy atom. The quantitative estimate of drug-likeness (QED) is 0.350. The van der Waals surface area contributed by atoms with Crippen LogP contribution in [0.5, 0.6) is 0 Å². The molecule has 214 valence electrons. The zero-order chi connectivity index (χ0) is 28.4. The summed E-state index contributed by atoms with van der Waals surface area (Å²) in [6.45, 7) is 2.43. The molecule has 3 aromatic rings. The van der Waals surface area contributed by atoms with Crippen molar-refractivity contribution in [2.45, 2.75) is 81.6 Å². The van der Waals surface area contributed by atoms with E-state index in [1.807, 2.05) is 54.1 Å². The third-order valence-electron chi connectivity index (χ3n) is 9.45. The predicted molar refractivity (Wildman–Crippen MR) is 151 cm³/mol. The van der Waals surface area contributed by atoms with E-state index in [2.05, 4.69) is 0 Å². The van der Waals surface area contributed by atoms with Gasteiger partial charge in [0, 0.05) is 50.0 Å². The van der Waals surface area contributed by atoms with Gasteiger partial charge in [0.15, 0.2) is 5.78 Å². The maximum absolute atomic E-state index is 14.0. The van der Waals surface area contributed by atoms with Gasteiger partial charge >= 0.3 is 0 Å². The molecular weight excluding hydrogens is 534 g/mol. The highest BCUT2D eigenvalue weighted by Gasteiger charge is 2.58. The minimum atomic E-state index is -3.62. The number of aromatic nitrogens is 1. The molecule has 9 heteroatoms. The number of hydrogen-bond donors (Lipinski definition) is 1. The highest BCUT2D eigenvalue weighted by atomic mass is 32.2. The number of benzene rings is 2. The molecule has 0 radical (unpaired) electrons. The first-order valence-corrected chi connectivity index (χ1v) is 15.7. The number of anilines is 1. The summed E-state index contributed by atoms with van der Waals surface area (Å²) in [6, 6.07) is 13.0. The van der Waals surface area contributed by atoms with Gasteiger partial charge in [-0.05, 0) is 67.2 Å². The van der Waals surface area contributed by atoms with Crippen molar-refractivity contribution in [3.8, 4) is 0 Å². The Bertz CT molecular complexity index is 1560. The number of sulfonamides is 1. The second kappa shape index (κ2) is 9.65. The molecule has 2 aromatic carbocycles. The van der Waals surface area contributed by atoms with Gasteiger partial charge in [0.2, 0.25) is 15.9 Å². The molecule has 0 saturated heterocycles. The van der Waals surface area contributed by atoms with Crippen molar-refractivity contribution in [1.29, 1.82) is 0 Å². The van der Waals surface area contributed by atoms with Gasteiger partial charge in [-0.2, -0.15) is 0 Å². The average Bonchev–Trinajstić information content (AvgIpc) is 3.53. The molecule has 3 aliphatic rings. The number of alkyl halides is 2. The van der Waals surface area contributed by atoms with Gasteiger partial charge < -0.3 is 9.67 Å². The number of ketones is 1. The van der Waals surface area contributed by atoms with Gasteiger partial charge in [-0.1, -0.05) is 37.3 Å². The van der Waals surface area contributed by atoms with Crippen molar-refractivity contribution in [3.05, 3.63) is 65.4 Å². The molecule has 0 amide bonds. The third-order valence-corrected chi connectivity index (χ3v) is 12.0. The second-order valence-electron chi connectivity index (χ2n) is 12.1. The summed E-state index contributed by atoms with van der Waals surface area (Å²) in [5.74, 6) is -4.14. The van der Waals surface area contributed by atoms with E-state index in [-0.39, 0.29) is 31.5 Å². The number of aliphatic hydroxyl groups excluding tert-OH is 1. The van der Waals surface area contributed by atoms with E-state index in [9.17, 15) is 27.1 Å². The van der Waals surface area contributed by atoms with Crippen LogP contribution in [0, 0.1) is 11.8 Å². The molecule has 1 spiro atoms. The number of nitrogens with zero attached hydrogens (tertiary/aromatic N) is 2. The van der Waals surface area contributed by atoms with Gasteiger partial charge in [-0.3, -0.25) is 9.10 Å². The minimum Gasteiger partial charge on any atom is -0.393 e. The maximum Gasteiger partial charge on any atom is 0.248 e. The molecule has 1 aliphatic heterocycles. The second-order valence-corrected chi connectivity index (χ2v) is 14.5. The normalized spacial score (nSPS) is 23.7. The molecule has 1 aromatic heterocycles. The Balaban J connectivity index is 1.37. The average molecular weight is 571 g/mol. The Kier molecular flexibility index (Phi) is 6.61. The highest BCUT2D eigenvalue weighted by Crippen LogP contribution is 2.51.